The summed E-state index contributed by atoms with van der Waals surface area (Å²) in [6.45, 7) is 5.28. The standard InChI is InChI=1S/C20H23N7OS/c1-13-9-21-20(29-13)25-18-8-17(23-14(2)24-18)16-6-7-27(12-16)19(28)5-4-15-10-22-26(3)11-15/h4-5,8-11,16H,6-7,12H2,1-3H3,(H,21,23,24,25)/b5-4+. The molecule has 3 aromatic rings. The molecular weight excluding hydrogens is 386 g/mol. The number of carbonyl (C=O) groups is 1. The third-order valence-corrected chi connectivity index (χ3v) is 5.60. The van der Waals surface area contributed by atoms with Gasteiger partial charge in [-0.25, -0.2) is 15.0 Å². The number of rotatable bonds is 5. The van der Waals surface area contributed by atoms with Gasteiger partial charge >= 0.3 is 0 Å². The van der Waals surface area contributed by atoms with Gasteiger partial charge < -0.3 is 10.2 Å². The second kappa shape index (κ2) is 8.12. The zero-order valence-electron chi connectivity index (χ0n) is 16.7. The van der Waals surface area contributed by atoms with E-state index in [0.717, 1.165) is 40.0 Å². The molecule has 0 saturated carbocycles. The van der Waals surface area contributed by atoms with Crippen molar-refractivity contribution in [3.8, 4) is 0 Å². The predicted octanol–water partition coefficient (Wildman–Crippen LogP) is 3.06. The number of aryl methyl sites for hydroxylation is 3. The van der Waals surface area contributed by atoms with Gasteiger partial charge in [0.15, 0.2) is 5.13 Å². The normalized spacial score (nSPS) is 16.7. The Bertz CT molecular complexity index is 1050. The van der Waals surface area contributed by atoms with Crippen molar-refractivity contribution in [1.82, 2.24) is 29.6 Å². The number of nitrogens with zero attached hydrogens (tertiary/aromatic N) is 6. The summed E-state index contributed by atoms with van der Waals surface area (Å²) in [5, 5.41) is 8.18. The fourth-order valence-corrected chi connectivity index (χ4v) is 4.06. The number of aromatic nitrogens is 5. The molecule has 4 heterocycles. The lowest BCUT2D eigenvalue weighted by Crippen LogP contribution is -2.26. The van der Waals surface area contributed by atoms with Gasteiger partial charge in [-0.05, 0) is 26.3 Å². The topological polar surface area (TPSA) is 88.8 Å². The van der Waals surface area contributed by atoms with Gasteiger partial charge in [0.1, 0.15) is 11.6 Å². The molecule has 1 amide bonds. The van der Waals surface area contributed by atoms with Crippen molar-refractivity contribution >= 4 is 34.3 Å². The highest BCUT2D eigenvalue weighted by Gasteiger charge is 2.27. The van der Waals surface area contributed by atoms with Crippen LogP contribution in [0.4, 0.5) is 10.9 Å². The number of anilines is 2. The van der Waals surface area contributed by atoms with Gasteiger partial charge in [0.05, 0.1) is 11.9 Å². The van der Waals surface area contributed by atoms with E-state index in [1.54, 1.807) is 34.4 Å². The Hall–Kier alpha value is -3.07. The third-order valence-electron chi connectivity index (χ3n) is 4.78. The molecule has 1 unspecified atom stereocenters. The van der Waals surface area contributed by atoms with E-state index < -0.39 is 0 Å². The summed E-state index contributed by atoms with van der Waals surface area (Å²) in [7, 11) is 1.85. The van der Waals surface area contributed by atoms with Crippen LogP contribution >= 0.6 is 11.3 Å². The Morgan fingerprint density at radius 2 is 2.17 bits per heavy atom. The zero-order chi connectivity index (χ0) is 20.4. The van der Waals surface area contributed by atoms with E-state index in [9.17, 15) is 4.79 Å². The first-order chi connectivity index (χ1) is 14.0. The fraction of sp³-hybridized carbons (Fsp3) is 0.350. The lowest BCUT2D eigenvalue weighted by molar-refractivity contribution is -0.124. The molecule has 0 spiro atoms. The molecule has 3 aromatic heterocycles. The summed E-state index contributed by atoms with van der Waals surface area (Å²) in [6, 6.07) is 1.97. The summed E-state index contributed by atoms with van der Waals surface area (Å²) in [4.78, 5) is 29.0. The Morgan fingerprint density at radius 3 is 2.90 bits per heavy atom. The van der Waals surface area contributed by atoms with E-state index in [0.29, 0.717) is 12.4 Å². The number of carbonyl (C=O) groups excluding carboxylic acids is 1. The molecule has 29 heavy (non-hydrogen) atoms. The molecule has 1 N–H and O–H groups in total. The molecule has 0 bridgehead atoms. The summed E-state index contributed by atoms with van der Waals surface area (Å²) in [5.74, 6) is 1.66. The lowest BCUT2D eigenvalue weighted by Gasteiger charge is -2.15. The van der Waals surface area contributed by atoms with Crippen LogP contribution in [0.3, 0.4) is 0 Å². The van der Waals surface area contributed by atoms with E-state index >= 15 is 0 Å². The Labute approximate surface area is 173 Å². The summed E-state index contributed by atoms with van der Waals surface area (Å²) >= 11 is 1.59. The Kier molecular flexibility index (Phi) is 5.39. The van der Waals surface area contributed by atoms with Crippen LogP contribution in [0.25, 0.3) is 6.08 Å². The maximum atomic E-state index is 12.5. The third kappa shape index (κ3) is 4.68. The van der Waals surface area contributed by atoms with E-state index in [1.807, 2.05) is 44.3 Å². The zero-order valence-corrected chi connectivity index (χ0v) is 17.5. The van der Waals surface area contributed by atoms with E-state index in [-0.39, 0.29) is 11.8 Å². The molecule has 9 heteroatoms. The fourth-order valence-electron chi connectivity index (χ4n) is 3.39. The molecule has 1 aliphatic rings. The molecule has 1 atom stereocenters. The predicted molar refractivity (Wildman–Crippen MR) is 113 cm³/mol. The van der Waals surface area contributed by atoms with Crippen molar-refractivity contribution in [2.45, 2.75) is 26.2 Å². The summed E-state index contributed by atoms with van der Waals surface area (Å²) < 4.78 is 1.71. The second-order valence-electron chi connectivity index (χ2n) is 7.18. The first-order valence-corrected chi connectivity index (χ1v) is 10.3. The smallest absolute Gasteiger partial charge is 0.246 e. The van der Waals surface area contributed by atoms with Gasteiger partial charge in [-0.15, -0.1) is 11.3 Å². The number of hydrogen-bond acceptors (Lipinski definition) is 7. The minimum absolute atomic E-state index is 0.0127. The second-order valence-corrected chi connectivity index (χ2v) is 8.41. The molecule has 1 aliphatic heterocycles. The maximum absolute atomic E-state index is 12.5. The van der Waals surface area contributed by atoms with Gasteiger partial charge in [-0.3, -0.25) is 9.48 Å². The molecule has 1 fully saturated rings. The van der Waals surface area contributed by atoms with Crippen molar-refractivity contribution in [3.05, 3.63) is 52.7 Å². The van der Waals surface area contributed by atoms with Gasteiger partial charge in [-0.1, -0.05) is 0 Å². The Balaban J connectivity index is 1.43. The number of likely N-dealkylation sites (tertiary alicyclic amines) is 1. The van der Waals surface area contributed by atoms with Crippen molar-refractivity contribution in [2.75, 3.05) is 18.4 Å². The quantitative estimate of drug-likeness (QED) is 0.652. The number of thiazole rings is 1. The first kappa shape index (κ1) is 19.3. The van der Waals surface area contributed by atoms with Crippen LogP contribution in [0.1, 0.15) is 34.3 Å². The van der Waals surface area contributed by atoms with Crippen LogP contribution in [-0.4, -0.2) is 48.6 Å². The number of nitrogens with one attached hydrogen (secondary N) is 1. The molecular formula is C20H23N7OS. The first-order valence-electron chi connectivity index (χ1n) is 9.47. The van der Waals surface area contributed by atoms with Crippen molar-refractivity contribution < 1.29 is 4.79 Å². The summed E-state index contributed by atoms with van der Waals surface area (Å²) in [6.07, 6.45) is 9.75. The van der Waals surface area contributed by atoms with E-state index in [1.165, 1.54) is 0 Å². The van der Waals surface area contributed by atoms with E-state index in [4.69, 9.17) is 0 Å². The maximum Gasteiger partial charge on any atom is 0.246 e. The Morgan fingerprint density at radius 1 is 1.31 bits per heavy atom. The van der Waals surface area contributed by atoms with Gasteiger partial charge in [0.25, 0.3) is 0 Å². The minimum atomic E-state index is 0.0127. The molecule has 1 saturated heterocycles. The van der Waals surface area contributed by atoms with Crippen LogP contribution in [0.15, 0.2) is 30.7 Å². The molecule has 8 nitrogen and oxygen atoms in total. The van der Waals surface area contributed by atoms with Crippen LogP contribution in [0.2, 0.25) is 0 Å². The average molecular weight is 410 g/mol. The number of amides is 1. The molecule has 150 valence electrons. The van der Waals surface area contributed by atoms with Crippen LogP contribution in [0, 0.1) is 13.8 Å². The highest BCUT2D eigenvalue weighted by Crippen LogP contribution is 2.29. The molecule has 0 aromatic carbocycles. The number of hydrogen-bond donors (Lipinski definition) is 1. The lowest BCUT2D eigenvalue weighted by atomic mass is 10.0. The average Bonchev–Trinajstić information content (AvgIpc) is 3.41. The van der Waals surface area contributed by atoms with Gasteiger partial charge in [-0.2, -0.15) is 5.10 Å². The monoisotopic (exact) mass is 409 g/mol. The van der Waals surface area contributed by atoms with Gasteiger partial charge in [0, 0.05) is 61.0 Å². The van der Waals surface area contributed by atoms with Crippen LogP contribution in [-0.2, 0) is 11.8 Å². The largest absolute Gasteiger partial charge is 0.338 e. The van der Waals surface area contributed by atoms with Crippen LogP contribution in [0.5, 0.6) is 0 Å². The molecule has 4 rings (SSSR count). The summed E-state index contributed by atoms with van der Waals surface area (Å²) in [5.41, 5.74) is 1.87. The highest BCUT2D eigenvalue weighted by atomic mass is 32.1. The molecule has 0 radical (unpaired) electrons. The van der Waals surface area contributed by atoms with Crippen molar-refractivity contribution in [1.29, 1.82) is 0 Å². The van der Waals surface area contributed by atoms with E-state index in [2.05, 4.69) is 25.4 Å². The van der Waals surface area contributed by atoms with Crippen molar-refractivity contribution in [2.24, 2.45) is 7.05 Å². The SMILES string of the molecule is Cc1nc(Nc2ncc(C)s2)cc(C2CCN(C(=O)/C=C/c3cnn(C)c3)C2)n1. The van der Waals surface area contributed by atoms with Crippen molar-refractivity contribution in [3.63, 3.8) is 0 Å². The van der Waals surface area contributed by atoms with Gasteiger partial charge in [0.2, 0.25) is 5.91 Å². The highest BCUT2D eigenvalue weighted by molar-refractivity contribution is 7.15. The minimum Gasteiger partial charge on any atom is -0.338 e. The molecule has 0 aliphatic carbocycles. The van der Waals surface area contributed by atoms with Crippen LogP contribution < -0.4 is 5.32 Å².